The fourth-order valence-corrected chi connectivity index (χ4v) is 5.74. The third-order valence-corrected chi connectivity index (χ3v) is 7.86. The van der Waals surface area contributed by atoms with Crippen molar-refractivity contribution in [1.29, 1.82) is 0 Å². The zero-order valence-corrected chi connectivity index (χ0v) is 27.4. The molecule has 0 saturated heterocycles. The monoisotopic (exact) mass is 761 g/mol. The molecule has 3 heterocycles. The molecular formula is C40H32IrN4. The van der Waals surface area contributed by atoms with Gasteiger partial charge in [-0.05, 0) is 40.9 Å². The Morgan fingerprint density at radius 1 is 0.733 bits per heavy atom. The third-order valence-electron chi connectivity index (χ3n) is 7.86. The second-order valence-electron chi connectivity index (χ2n) is 10.7. The molecule has 0 saturated carbocycles. The van der Waals surface area contributed by atoms with Crippen molar-refractivity contribution in [3.8, 4) is 16.9 Å². The van der Waals surface area contributed by atoms with Gasteiger partial charge in [-0.1, -0.05) is 89.2 Å². The zero-order valence-electron chi connectivity index (χ0n) is 25.0. The summed E-state index contributed by atoms with van der Waals surface area (Å²) in [7, 11) is 0. The molecule has 0 aliphatic carbocycles. The number of aromatic nitrogens is 2. The van der Waals surface area contributed by atoms with Crippen LogP contribution in [0.2, 0.25) is 0 Å². The summed E-state index contributed by atoms with van der Waals surface area (Å²) >= 11 is 0. The quantitative estimate of drug-likeness (QED) is 0.122. The minimum Gasteiger partial charge on any atom is -0.334 e. The van der Waals surface area contributed by atoms with E-state index in [0.717, 1.165) is 47.7 Å². The van der Waals surface area contributed by atoms with Crippen LogP contribution < -0.4 is 4.58 Å². The van der Waals surface area contributed by atoms with E-state index in [1.54, 1.807) is 6.20 Å². The van der Waals surface area contributed by atoms with E-state index in [2.05, 4.69) is 135 Å². The van der Waals surface area contributed by atoms with E-state index in [-0.39, 0.29) is 20.1 Å². The van der Waals surface area contributed by atoms with E-state index in [9.17, 15) is 0 Å². The molecule has 0 unspecified atom stereocenters. The third kappa shape index (κ3) is 6.07. The SMILES string of the molecule is CCCC[N+]1=C=[N+](c2[c-]cc3c4ccccc4n(-c4ccccc4)c3c2)c2ccccc21.[Ir].[c-]1ccccc1-c1ccccn1. The largest absolute Gasteiger partial charge is 0.494 e. The molecule has 0 bridgehead atoms. The van der Waals surface area contributed by atoms with Crippen LogP contribution in [-0.4, -0.2) is 26.7 Å². The molecule has 1 radical (unpaired) electrons. The van der Waals surface area contributed by atoms with Crippen molar-refractivity contribution in [3.05, 3.63) is 152 Å². The van der Waals surface area contributed by atoms with E-state index in [1.165, 1.54) is 27.5 Å². The van der Waals surface area contributed by atoms with E-state index < -0.39 is 0 Å². The smallest absolute Gasteiger partial charge is 0.334 e. The predicted molar refractivity (Wildman–Crippen MR) is 181 cm³/mol. The Bertz CT molecular complexity index is 2090. The zero-order chi connectivity index (χ0) is 29.7. The van der Waals surface area contributed by atoms with E-state index in [1.807, 2.05) is 42.5 Å². The van der Waals surface area contributed by atoms with Crippen LogP contribution in [0.3, 0.4) is 0 Å². The van der Waals surface area contributed by atoms with Crippen molar-refractivity contribution in [2.45, 2.75) is 19.8 Å². The van der Waals surface area contributed by atoms with Crippen molar-refractivity contribution < 1.29 is 24.7 Å². The van der Waals surface area contributed by atoms with Crippen LogP contribution in [0.15, 0.2) is 140 Å². The van der Waals surface area contributed by atoms with Crippen LogP contribution in [0.1, 0.15) is 19.8 Å². The minimum absolute atomic E-state index is 0. The molecule has 8 rings (SSSR count). The molecule has 45 heavy (non-hydrogen) atoms. The minimum atomic E-state index is 0. The van der Waals surface area contributed by atoms with Crippen LogP contribution in [0, 0.1) is 12.1 Å². The second-order valence-corrected chi connectivity index (χ2v) is 10.7. The fourth-order valence-electron chi connectivity index (χ4n) is 5.74. The maximum absolute atomic E-state index is 4.22. The van der Waals surface area contributed by atoms with Gasteiger partial charge >= 0.3 is 6.01 Å². The summed E-state index contributed by atoms with van der Waals surface area (Å²) in [4.78, 5) is 4.22. The summed E-state index contributed by atoms with van der Waals surface area (Å²) in [5, 5.41) is 2.46. The van der Waals surface area contributed by atoms with Gasteiger partial charge in [0.2, 0.25) is 0 Å². The van der Waals surface area contributed by atoms with Crippen molar-refractivity contribution in [1.82, 2.24) is 14.1 Å². The Morgan fingerprint density at radius 3 is 2.27 bits per heavy atom. The van der Waals surface area contributed by atoms with Gasteiger partial charge in [-0.2, -0.15) is 6.07 Å². The van der Waals surface area contributed by atoms with Crippen LogP contribution in [-0.2, 0) is 20.1 Å². The molecular weight excluding hydrogens is 729 g/mol. The number of rotatable bonds is 6. The van der Waals surface area contributed by atoms with Crippen molar-refractivity contribution in [3.63, 3.8) is 0 Å². The van der Waals surface area contributed by atoms with Crippen LogP contribution >= 0.6 is 0 Å². The molecule has 7 aromatic rings. The van der Waals surface area contributed by atoms with Crippen molar-refractivity contribution >= 4 is 44.9 Å². The molecule has 221 valence electrons. The number of fused-ring (bicyclic) bond motifs is 4. The Hall–Kier alpha value is -4.92. The molecule has 4 nitrogen and oxygen atoms in total. The van der Waals surface area contributed by atoms with Gasteiger partial charge in [-0.25, -0.2) is 0 Å². The van der Waals surface area contributed by atoms with Gasteiger partial charge in [0.05, 0.1) is 0 Å². The Labute approximate surface area is 277 Å². The first-order valence-corrected chi connectivity index (χ1v) is 15.1. The van der Waals surface area contributed by atoms with Gasteiger partial charge in [-0.15, -0.1) is 47.3 Å². The van der Waals surface area contributed by atoms with Crippen molar-refractivity contribution in [2.24, 2.45) is 0 Å². The van der Waals surface area contributed by atoms with Gasteiger partial charge in [0.15, 0.2) is 6.54 Å². The number of hydrogen-bond donors (Lipinski definition) is 0. The molecule has 5 aromatic carbocycles. The van der Waals surface area contributed by atoms with Gasteiger partial charge in [0, 0.05) is 56.1 Å². The maximum atomic E-state index is 4.22. The molecule has 1 aliphatic heterocycles. The number of unbranched alkanes of at least 4 members (excludes halogenated alkanes) is 1. The normalized spacial score (nSPS) is 11.7. The standard InChI is InChI=1S/C29H24N3.C11H8N.Ir/c1-2-3-19-30-21-31(28-16-10-9-15-27(28)30)23-17-18-25-24-13-7-8-14-26(24)32(29(25)20-23)22-11-5-4-6-12-22;1-2-6-10(7-3-1)11-8-4-5-9-12-11;/h4-16,18,20H,2-3,19H2,1H3;1-6,8-9H;/q+1;-1;. The Kier molecular flexibility index (Phi) is 9.24. The molecule has 0 spiro atoms. The molecule has 0 amide bonds. The number of nitrogens with zero attached hydrogens (tertiary/aromatic N) is 4. The van der Waals surface area contributed by atoms with Gasteiger partial charge in [0.25, 0.3) is 11.4 Å². The van der Waals surface area contributed by atoms with Gasteiger partial charge < -0.3 is 9.55 Å². The van der Waals surface area contributed by atoms with Gasteiger partial charge in [0.1, 0.15) is 5.69 Å². The Morgan fingerprint density at radius 2 is 1.49 bits per heavy atom. The molecule has 1 aliphatic rings. The summed E-state index contributed by atoms with van der Waals surface area (Å²) in [6, 6.07) is 56.1. The first kappa shape index (κ1) is 30.1. The number of benzene rings is 5. The van der Waals surface area contributed by atoms with E-state index >= 15 is 0 Å². The number of pyridine rings is 1. The number of hydrogen-bond acceptors (Lipinski definition) is 1. The molecule has 2 aromatic heterocycles. The summed E-state index contributed by atoms with van der Waals surface area (Å²) in [6.07, 6.45) is 4.09. The average molecular weight is 761 g/mol. The molecule has 0 fully saturated rings. The summed E-state index contributed by atoms with van der Waals surface area (Å²) in [6.45, 7) is 3.19. The Balaban J connectivity index is 0.000000231. The average Bonchev–Trinajstić information content (AvgIpc) is 3.64. The van der Waals surface area contributed by atoms with E-state index in [4.69, 9.17) is 0 Å². The molecule has 0 atom stereocenters. The van der Waals surface area contributed by atoms with Gasteiger partial charge in [-0.3, -0.25) is 0 Å². The summed E-state index contributed by atoms with van der Waals surface area (Å²) in [5.74, 6) is 0. The van der Waals surface area contributed by atoms with Crippen LogP contribution in [0.5, 0.6) is 0 Å². The predicted octanol–water partition coefficient (Wildman–Crippen LogP) is 9.60. The maximum Gasteiger partial charge on any atom is 0.494 e. The van der Waals surface area contributed by atoms with Crippen molar-refractivity contribution in [2.75, 3.05) is 6.54 Å². The first-order chi connectivity index (χ1) is 21.8. The second kappa shape index (κ2) is 13.8. The topological polar surface area (TPSA) is 23.8 Å². The van der Waals surface area contributed by atoms with E-state index in [0.29, 0.717) is 0 Å². The first-order valence-electron chi connectivity index (χ1n) is 15.1. The molecule has 0 N–H and O–H groups in total. The summed E-state index contributed by atoms with van der Waals surface area (Å²) in [5.41, 5.74) is 8.92. The van der Waals surface area contributed by atoms with Crippen LogP contribution in [0.4, 0.5) is 17.1 Å². The van der Waals surface area contributed by atoms with Crippen LogP contribution in [0.25, 0.3) is 38.8 Å². The summed E-state index contributed by atoms with van der Waals surface area (Å²) < 4.78 is 6.74. The molecule has 5 heteroatoms. The fraction of sp³-hybridized carbons (Fsp3) is 0.100. The number of para-hydroxylation sites is 4.